The minimum atomic E-state index is 0.775. The number of hydrogen-bond donors (Lipinski definition) is 2. The number of hydrazine groups is 1. The van der Waals surface area contributed by atoms with Crippen LogP contribution in [-0.4, -0.2) is 4.98 Å². The van der Waals surface area contributed by atoms with Crippen LogP contribution in [0.2, 0.25) is 0 Å². The first kappa shape index (κ1) is 10.1. The highest BCUT2D eigenvalue weighted by atomic mass is 127. The fraction of sp³-hybridized carbons (Fsp3) is 0.222. The number of nitrogen functional groups attached to an aromatic ring is 1. The Labute approximate surface area is 99.8 Å². The van der Waals surface area contributed by atoms with Gasteiger partial charge in [0.2, 0.25) is 0 Å². The third-order valence-corrected chi connectivity index (χ3v) is 3.60. The summed E-state index contributed by atoms with van der Waals surface area (Å²) < 4.78 is 2.45. The number of thiazole rings is 1. The molecule has 0 aliphatic carbocycles. The fourth-order valence-corrected chi connectivity index (χ4v) is 3.15. The minimum absolute atomic E-state index is 0.775. The third kappa shape index (κ3) is 1.71. The summed E-state index contributed by atoms with van der Waals surface area (Å²) in [5.41, 5.74) is 4.95. The average Bonchev–Trinajstić information content (AvgIpc) is 2.59. The fourth-order valence-electron chi connectivity index (χ4n) is 1.39. The number of benzene rings is 1. The lowest BCUT2D eigenvalue weighted by molar-refractivity contribution is 1.14. The number of aromatic nitrogens is 1. The summed E-state index contributed by atoms with van der Waals surface area (Å²) in [6.45, 7) is 2.14. The normalized spacial score (nSPS) is 10.8. The van der Waals surface area contributed by atoms with Crippen molar-refractivity contribution in [3.8, 4) is 0 Å². The molecule has 0 radical (unpaired) electrons. The number of fused-ring (bicyclic) bond motifs is 1. The Morgan fingerprint density at radius 1 is 1.57 bits per heavy atom. The van der Waals surface area contributed by atoms with Gasteiger partial charge in [0.05, 0.1) is 10.2 Å². The quantitative estimate of drug-likeness (QED) is 0.508. The van der Waals surface area contributed by atoms with Crippen LogP contribution in [0.25, 0.3) is 10.2 Å². The molecule has 0 unspecified atom stereocenters. The van der Waals surface area contributed by atoms with E-state index in [0.717, 1.165) is 17.1 Å². The smallest absolute Gasteiger partial charge is 0.198 e. The molecule has 0 aliphatic rings. The number of nitrogens with one attached hydrogen (secondary N) is 1. The molecule has 1 heterocycles. The van der Waals surface area contributed by atoms with Gasteiger partial charge in [-0.3, -0.25) is 5.43 Å². The molecule has 2 rings (SSSR count). The molecule has 3 nitrogen and oxygen atoms in total. The van der Waals surface area contributed by atoms with Crippen molar-refractivity contribution in [1.29, 1.82) is 0 Å². The summed E-state index contributed by atoms with van der Waals surface area (Å²) in [6.07, 6.45) is 1.00. The zero-order valence-corrected chi connectivity index (χ0v) is 10.6. The van der Waals surface area contributed by atoms with E-state index >= 15 is 0 Å². The average molecular weight is 319 g/mol. The second-order valence-corrected chi connectivity index (χ2v) is 5.20. The van der Waals surface area contributed by atoms with Crippen molar-refractivity contribution in [3.63, 3.8) is 0 Å². The lowest BCUT2D eigenvalue weighted by Crippen LogP contribution is -2.05. The van der Waals surface area contributed by atoms with Gasteiger partial charge in [-0.1, -0.05) is 18.3 Å². The molecule has 14 heavy (non-hydrogen) atoms. The monoisotopic (exact) mass is 319 g/mol. The molecule has 1 aromatic heterocycles. The Balaban J connectivity index is 2.71. The Morgan fingerprint density at radius 2 is 2.36 bits per heavy atom. The summed E-state index contributed by atoms with van der Waals surface area (Å²) >= 11 is 3.91. The molecule has 2 aromatic rings. The lowest BCUT2D eigenvalue weighted by Gasteiger charge is -1.98. The van der Waals surface area contributed by atoms with Gasteiger partial charge in [-0.05, 0) is 46.7 Å². The molecule has 5 heteroatoms. The summed E-state index contributed by atoms with van der Waals surface area (Å²) in [4.78, 5) is 4.42. The lowest BCUT2D eigenvalue weighted by atomic mass is 10.1. The van der Waals surface area contributed by atoms with Gasteiger partial charge < -0.3 is 0 Å². The molecular weight excluding hydrogens is 309 g/mol. The van der Waals surface area contributed by atoms with Gasteiger partial charge in [-0.2, -0.15) is 0 Å². The van der Waals surface area contributed by atoms with Crippen LogP contribution in [0, 0.1) is 3.57 Å². The number of nitrogens with zero attached hydrogens (tertiary/aromatic N) is 1. The Hall–Kier alpha value is -0.400. The molecule has 0 bridgehead atoms. The second-order valence-electron chi connectivity index (χ2n) is 2.93. The zero-order valence-electron chi connectivity index (χ0n) is 7.67. The predicted octanol–water partition coefficient (Wildman–Crippen LogP) is 2.75. The molecule has 0 atom stereocenters. The topological polar surface area (TPSA) is 50.9 Å². The number of aryl methyl sites for hydroxylation is 1. The molecular formula is C9H10IN3S. The largest absolute Gasteiger partial charge is 0.300 e. The highest BCUT2D eigenvalue weighted by Crippen LogP contribution is 2.29. The van der Waals surface area contributed by atoms with Crippen LogP contribution >= 0.6 is 33.9 Å². The van der Waals surface area contributed by atoms with E-state index in [2.05, 4.69) is 52.1 Å². The van der Waals surface area contributed by atoms with Crippen LogP contribution in [0.5, 0.6) is 0 Å². The highest BCUT2D eigenvalue weighted by Gasteiger charge is 2.07. The molecule has 0 aliphatic heterocycles. The van der Waals surface area contributed by atoms with Crippen molar-refractivity contribution in [1.82, 2.24) is 4.98 Å². The molecule has 1 aromatic carbocycles. The van der Waals surface area contributed by atoms with E-state index in [-0.39, 0.29) is 0 Å². The van der Waals surface area contributed by atoms with Gasteiger partial charge in [0, 0.05) is 3.57 Å². The van der Waals surface area contributed by atoms with E-state index < -0.39 is 0 Å². The van der Waals surface area contributed by atoms with E-state index in [1.165, 1.54) is 13.8 Å². The maximum Gasteiger partial charge on any atom is 0.198 e. The summed E-state index contributed by atoms with van der Waals surface area (Å²) in [6, 6.07) is 4.30. The molecule has 3 N–H and O–H groups in total. The van der Waals surface area contributed by atoms with Crippen LogP contribution in [0.4, 0.5) is 5.13 Å². The van der Waals surface area contributed by atoms with E-state index in [9.17, 15) is 0 Å². The first-order valence-electron chi connectivity index (χ1n) is 4.30. The van der Waals surface area contributed by atoms with Crippen molar-refractivity contribution >= 4 is 49.3 Å². The summed E-state index contributed by atoms with van der Waals surface area (Å²) in [5.74, 6) is 5.34. The van der Waals surface area contributed by atoms with Crippen LogP contribution < -0.4 is 11.3 Å². The van der Waals surface area contributed by atoms with Crippen molar-refractivity contribution in [2.24, 2.45) is 5.84 Å². The van der Waals surface area contributed by atoms with Gasteiger partial charge in [0.25, 0.3) is 0 Å². The van der Waals surface area contributed by atoms with Gasteiger partial charge >= 0.3 is 0 Å². The van der Waals surface area contributed by atoms with Crippen LogP contribution in [0.3, 0.4) is 0 Å². The first-order valence-corrected chi connectivity index (χ1v) is 6.19. The van der Waals surface area contributed by atoms with Crippen LogP contribution in [0.1, 0.15) is 12.5 Å². The highest BCUT2D eigenvalue weighted by molar-refractivity contribution is 14.1. The molecule has 74 valence electrons. The predicted molar refractivity (Wildman–Crippen MR) is 69.5 cm³/mol. The SMILES string of the molecule is CCc1cc(I)cc2sc(NN)nc12. The van der Waals surface area contributed by atoms with Crippen molar-refractivity contribution < 1.29 is 0 Å². The minimum Gasteiger partial charge on any atom is -0.300 e. The van der Waals surface area contributed by atoms with Crippen molar-refractivity contribution in [3.05, 3.63) is 21.3 Å². The van der Waals surface area contributed by atoms with Crippen molar-refractivity contribution in [2.45, 2.75) is 13.3 Å². The van der Waals surface area contributed by atoms with Crippen molar-refractivity contribution in [2.75, 3.05) is 5.43 Å². The number of rotatable bonds is 2. The number of hydrogen-bond acceptors (Lipinski definition) is 4. The van der Waals surface area contributed by atoms with E-state index in [0.29, 0.717) is 0 Å². The number of anilines is 1. The Morgan fingerprint density at radius 3 is 3.00 bits per heavy atom. The van der Waals surface area contributed by atoms with E-state index in [1.54, 1.807) is 11.3 Å². The molecule has 0 saturated carbocycles. The van der Waals surface area contributed by atoms with Crippen LogP contribution in [0.15, 0.2) is 12.1 Å². The summed E-state index contributed by atoms with van der Waals surface area (Å²) in [5, 5.41) is 0.775. The molecule has 0 amide bonds. The van der Waals surface area contributed by atoms with Gasteiger partial charge in [0.1, 0.15) is 0 Å². The second kappa shape index (κ2) is 4.00. The zero-order chi connectivity index (χ0) is 10.1. The van der Waals surface area contributed by atoms with Gasteiger partial charge in [-0.15, -0.1) is 0 Å². The maximum absolute atomic E-state index is 5.34. The van der Waals surface area contributed by atoms with Gasteiger partial charge in [-0.25, -0.2) is 10.8 Å². The Kier molecular flexibility index (Phi) is 2.89. The van der Waals surface area contributed by atoms with E-state index in [4.69, 9.17) is 5.84 Å². The Bertz CT molecular complexity index is 466. The standard InChI is InChI=1S/C9H10IN3S/c1-2-5-3-6(10)4-7-8(5)12-9(13-11)14-7/h3-4H,2,11H2,1H3,(H,12,13). The molecule has 0 spiro atoms. The first-order chi connectivity index (χ1) is 6.74. The molecule has 0 fully saturated rings. The molecule has 0 saturated heterocycles. The summed E-state index contributed by atoms with van der Waals surface area (Å²) in [7, 11) is 0. The third-order valence-electron chi connectivity index (χ3n) is 2.04. The van der Waals surface area contributed by atoms with E-state index in [1.807, 2.05) is 0 Å². The number of nitrogens with two attached hydrogens (primary N) is 1. The number of halogens is 1. The van der Waals surface area contributed by atoms with Crippen LogP contribution in [-0.2, 0) is 6.42 Å². The maximum atomic E-state index is 5.34. The van der Waals surface area contributed by atoms with Gasteiger partial charge in [0.15, 0.2) is 5.13 Å².